The van der Waals surface area contributed by atoms with Gasteiger partial charge in [0.25, 0.3) is 5.91 Å². The van der Waals surface area contributed by atoms with Crippen LogP contribution >= 0.6 is 0 Å². The topological polar surface area (TPSA) is 111 Å². The molecule has 0 unspecified atom stereocenters. The van der Waals surface area contributed by atoms with Crippen LogP contribution < -0.4 is 15.4 Å². The van der Waals surface area contributed by atoms with E-state index in [1.807, 2.05) is 0 Å². The molecular formula is C15H21N3O5. The SMILES string of the molecule is Cc1ccc(O[C@H](C)C(=O)NC(=O)NC(C)(C)C)c([N+](=O)[O-])c1. The molecule has 0 aliphatic carbocycles. The first-order valence-corrected chi connectivity index (χ1v) is 7.04. The molecule has 1 atom stereocenters. The summed E-state index contributed by atoms with van der Waals surface area (Å²) in [5.74, 6) is -0.721. The van der Waals surface area contributed by atoms with E-state index in [9.17, 15) is 19.7 Å². The number of benzene rings is 1. The predicted molar refractivity (Wildman–Crippen MR) is 84.4 cm³/mol. The number of imide groups is 1. The minimum Gasteiger partial charge on any atom is -0.474 e. The van der Waals surface area contributed by atoms with Crippen molar-refractivity contribution in [2.45, 2.75) is 46.3 Å². The van der Waals surface area contributed by atoms with Crippen molar-refractivity contribution >= 4 is 17.6 Å². The highest BCUT2D eigenvalue weighted by Gasteiger charge is 2.23. The maximum Gasteiger partial charge on any atom is 0.321 e. The molecule has 1 aromatic carbocycles. The van der Waals surface area contributed by atoms with Gasteiger partial charge in [0.2, 0.25) is 0 Å². The average molecular weight is 323 g/mol. The van der Waals surface area contributed by atoms with Gasteiger partial charge in [-0.3, -0.25) is 20.2 Å². The quantitative estimate of drug-likeness (QED) is 0.652. The molecule has 0 aromatic heterocycles. The highest BCUT2D eigenvalue weighted by Crippen LogP contribution is 2.28. The normalized spacial score (nSPS) is 12.2. The summed E-state index contributed by atoms with van der Waals surface area (Å²) in [6, 6.07) is 3.76. The van der Waals surface area contributed by atoms with Crippen LogP contribution in [0.2, 0.25) is 0 Å². The summed E-state index contributed by atoms with van der Waals surface area (Å²) >= 11 is 0. The van der Waals surface area contributed by atoms with E-state index < -0.39 is 28.5 Å². The summed E-state index contributed by atoms with van der Waals surface area (Å²) in [4.78, 5) is 34.0. The van der Waals surface area contributed by atoms with Gasteiger partial charge in [0, 0.05) is 11.6 Å². The van der Waals surface area contributed by atoms with E-state index in [0.717, 1.165) is 0 Å². The van der Waals surface area contributed by atoms with Gasteiger partial charge >= 0.3 is 11.7 Å². The lowest BCUT2D eigenvalue weighted by atomic mass is 10.1. The van der Waals surface area contributed by atoms with E-state index in [-0.39, 0.29) is 11.4 Å². The molecule has 0 saturated carbocycles. The molecule has 2 N–H and O–H groups in total. The van der Waals surface area contributed by atoms with Gasteiger partial charge in [0.15, 0.2) is 11.9 Å². The molecule has 3 amide bonds. The largest absolute Gasteiger partial charge is 0.474 e. The first-order valence-electron chi connectivity index (χ1n) is 7.04. The van der Waals surface area contributed by atoms with Crippen molar-refractivity contribution in [1.82, 2.24) is 10.6 Å². The first kappa shape index (κ1) is 18.4. The second kappa shape index (κ2) is 7.08. The average Bonchev–Trinajstić information content (AvgIpc) is 2.38. The van der Waals surface area contributed by atoms with Crippen LogP contribution in [0.15, 0.2) is 18.2 Å². The number of nitro groups is 1. The Bertz CT molecular complexity index is 622. The van der Waals surface area contributed by atoms with Crippen LogP contribution in [-0.2, 0) is 4.79 Å². The van der Waals surface area contributed by atoms with Gasteiger partial charge in [-0.1, -0.05) is 6.07 Å². The molecule has 0 aliphatic rings. The van der Waals surface area contributed by atoms with E-state index in [0.29, 0.717) is 5.56 Å². The highest BCUT2D eigenvalue weighted by atomic mass is 16.6. The number of aryl methyl sites for hydroxylation is 1. The van der Waals surface area contributed by atoms with E-state index in [1.165, 1.54) is 19.1 Å². The fraction of sp³-hybridized carbons (Fsp3) is 0.467. The van der Waals surface area contributed by atoms with Gasteiger partial charge in [-0.05, 0) is 46.2 Å². The molecule has 0 fully saturated rings. The third kappa shape index (κ3) is 5.93. The second-order valence-electron chi connectivity index (χ2n) is 6.18. The Morgan fingerprint density at radius 2 is 1.91 bits per heavy atom. The number of nitro benzene ring substituents is 1. The van der Waals surface area contributed by atoms with Gasteiger partial charge in [-0.15, -0.1) is 0 Å². The summed E-state index contributed by atoms with van der Waals surface area (Å²) in [6.45, 7) is 8.43. The molecule has 0 heterocycles. The minimum atomic E-state index is -1.07. The van der Waals surface area contributed by atoms with Crippen molar-refractivity contribution in [3.63, 3.8) is 0 Å². The van der Waals surface area contributed by atoms with E-state index >= 15 is 0 Å². The Balaban J connectivity index is 2.76. The molecule has 0 bridgehead atoms. The van der Waals surface area contributed by atoms with Crippen LogP contribution in [-0.4, -0.2) is 28.5 Å². The van der Waals surface area contributed by atoms with Gasteiger partial charge < -0.3 is 10.1 Å². The number of carbonyl (C=O) groups is 2. The van der Waals surface area contributed by atoms with Crippen LogP contribution in [0.5, 0.6) is 5.75 Å². The number of nitrogens with one attached hydrogen (secondary N) is 2. The van der Waals surface area contributed by atoms with E-state index in [4.69, 9.17) is 4.74 Å². The predicted octanol–water partition coefficient (Wildman–Crippen LogP) is 2.29. The number of amides is 3. The molecule has 1 aromatic rings. The summed E-state index contributed by atoms with van der Waals surface area (Å²) in [7, 11) is 0. The summed E-state index contributed by atoms with van der Waals surface area (Å²) < 4.78 is 5.32. The molecule has 0 aliphatic heterocycles. The minimum absolute atomic E-state index is 0.0283. The zero-order valence-corrected chi connectivity index (χ0v) is 13.8. The molecule has 8 nitrogen and oxygen atoms in total. The summed E-state index contributed by atoms with van der Waals surface area (Å²) in [5.41, 5.74) is -0.0287. The molecule has 0 saturated heterocycles. The number of rotatable bonds is 4. The Hall–Kier alpha value is -2.64. The number of nitrogens with zero attached hydrogens (tertiary/aromatic N) is 1. The number of carbonyl (C=O) groups excluding carboxylic acids is 2. The first-order chi connectivity index (χ1) is 10.5. The van der Waals surface area contributed by atoms with E-state index in [2.05, 4.69) is 10.6 Å². The highest BCUT2D eigenvalue weighted by molar-refractivity contribution is 5.96. The Morgan fingerprint density at radius 3 is 2.43 bits per heavy atom. The van der Waals surface area contributed by atoms with Gasteiger partial charge in [0.05, 0.1) is 4.92 Å². The third-order valence-corrected chi connectivity index (χ3v) is 2.71. The van der Waals surface area contributed by atoms with Crippen molar-refractivity contribution < 1.29 is 19.2 Å². The van der Waals surface area contributed by atoms with Crippen LogP contribution in [0.1, 0.15) is 33.3 Å². The lowest BCUT2D eigenvalue weighted by Crippen LogP contribution is -2.50. The van der Waals surface area contributed by atoms with Gasteiger partial charge in [-0.25, -0.2) is 4.79 Å². The molecule has 1 rings (SSSR count). The standard InChI is InChI=1S/C15H21N3O5/c1-9-6-7-12(11(8-9)18(21)22)23-10(2)13(19)16-14(20)17-15(3,4)5/h6-8,10H,1-5H3,(H2,16,17,19,20)/t10-/m1/s1. The molecule has 8 heteroatoms. The van der Waals surface area contributed by atoms with Crippen LogP contribution in [0, 0.1) is 17.0 Å². The van der Waals surface area contributed by atoms with Crippen molar-refractivity contribution in [2.75, 3.05) is 0 Å². The monoisotopic (exact) mass is 323 g/mol. The fourth-order valence-corrected chi connectivity index (χ4v) is 1.70. The van der Waals surface area contributed by atoms with Gasteiger partial charge in [-0.2, -0.15) is 0 Å². The van der Waals surface area contributed by atoms with Crippen LogP contribution in [0.4, 0.5) is 10.5 Å². The molecule has 23 heavy (non-hydrogen) atoms. The molecule has 0 spiro atoms. The smallest absolute Gasteiger partial charge is 0.321 e. The number of hydrogen-bond donors (Lipinski definition) is 2. The van der Waals surface area contributed by atoms with Crippen molar-refractivity contribution in [2.24, 2.45) is 0 Å². The maximum absolute atomic E-state index is 11.9. The zero-order chi connectivity index (χ0) is 17.8. The molecule has 0 radical (unpaired) electrons. The van der Waals surface area contributed by atoms with Crippen molar-refractivity contribution in [1.29, 1.82) is 0 Å². The van der Waals surface area contributed by atoms with Crippen LogP contribution in [0.3, 0.4) is 0 Å². The lowest BCUT2D eigenvalue weighted by Gasteiger charge is -2.21. The Morgan fingerprint density at radius 1 is 1.30 bits per heavy atom. The van der Waals surface area contributed by atoms with Crippen molar-refractivity contribution in [3.8, 4) is 5.75 Å². The molecular weight excluding hydrogens is 302 g/mol. The Kier molecular flexibility index (Phi) is 5.67. The summed E-state index contributed by atoms with van der Waals surface area (Å²) in [5, 5.41) is 15.7. The van der Waals surface area contributed by atoms with Crippen molar-refractivity contribution in [3.05, 3.63) is 33.9 Å². The third-order valence-electron chi connectivity index (χ3n) is 2.71. The number of ether oxygens (including phenoxy) is 1. The maximum atomic E-state index is 11.9. The summed E-state index contributed by atoms with van der Waals surface area (Å²) in [6.07, 6.45) is -1.07. The fourth-order valence-electron chi connectivity index (χ4n) is 1.70. The number of urea groups is 1. The second-order valence-corrected chi connectivity index (χ2v) is 6.18. The van der Waals surface area contributed by atoms with Crippen LogP contribution in [0.25, 0.3) is 0 Å². The number of hydrogen-bond acceptors (Lipinski definition) is 5. The van der Waals surface area contributed by atoms with E-state index in [1.54, 1.807) is 33.8 Å². The zero-order valence-electron chi connectivity index (χ0n) is 13.8. The lowest BCUT2D eigenvalue weighted by molar-refractivity contribution is -0.386. The Labute approximate surface area is 134 Å². The van der Waals surface area contributed by atoms with Gasteiger partial charge in [0.1, 0.15) is 0 Å². The molecule has 126 valence electrons.